The number of ether oxygens (including phenoxy) is 1. The molecule has 13 heavy (non-hydrogen) atoms. The summed E-state index contributed by atoms with van der Waals surface area (Å²) in [6, 6.07) is 5.50. The number of methoxy groups -OCH3 is 1. The molecule has 0 fully saturated rings. The highest BCUT2D eigenvalue weighted by atomic mass is 32.1. The maximum atomic E-state index is 5.62. The number of aromatic nitrogens is 1. The van der Waals surface area contributed by atoms with E-state index < -0.39 is 0 Å². The van der Waals surface area contributed by atoms with E-state index in [-0.39, 0.29) is 5.17 Å². The summed E-state index contributed by atoms with van der Waals surface area (Å²) in [6.07, 6.45) is 0. The predicted molar refractivity (Wildman–Crippen MR) is 55.2 cm³/mol. The number of pyridine rings is 1. The van der Waals surface area contributed by atoms with Crippen LogP contribution in [-0.4, -0.2) is 17.3 Å². The molecule has 0 amide bonds. The average molecular weight is 197 g/mol. The van der Waals surface area contributed by atoms with Crippen LogP contribution in [0.15, 0.2) is 18.2 Å². The summed E-state index contributed by atoms with van der Waals surface area (Å²) in [5.41, 5.74) is 0.881. The number of aryl methyl sites for hydroxylation is 1. The minimum atomic E-state index is 0.193. The number of rotatable bonds is 1. The van der Waals surface area contributed by atoms with E-state index in [0.29, 0.717) is 5.82 Å². The van der Waals surface area contributed by atoms with Gasteiger partial charge in [-0.3, -0.25) is 0 Å². The van der Waals surface area contributed by atoms with Gasteiger partial charge in [-0.1, -0.05) is 6.07 Å². The zero-order valence-electron chi connectivity index (χ0n) is 7.52. The number of hydrogen-bond donors (Lipinski definition) is 1. The number of nitrogens with two attached hydrogens (primary N) is 1. The van der Waals surface area contributed by atoms with Gasteiger partial charge >= 0.3 is 0 Å². The number of hydrazine groups is 1. The van der Waals surface area contributed by atoms with Gasteiger partial charge in [0.2, 0.25) is 0 Å². The van der Waals surface area contributed by atoms with Gasteiger partial charge in [0, 0.05) is 5.69 Å². The molecular formula is C8H11N3OS. The van der Waals surface area contributed by atoms with Crippen molar-refractivity contribution in [3.8, 4) is 0 Å². The van der Waals surface area contributed by atoms with Crippen LogP contribution >= 0.6 is 12.2 Å². The molecule has 0 unspecified atom stereocenters. The van der Waals surface area contributed by atoms with Crippen LogP contribution < -0.4 is 10.9 Å². The Kier molecular flexibility index (Phi) is 3.16. The van der Waals surface area contributed by atoms with Crippen molar-refractivity contribution < 1.29 is 4.74 Å². The van der Waals surface area contributed by atoms with E-state index in [0.717, 1.165) is 5.69 Å². The van der Waals surface area contributed by atoms with Crippen LogP contribution in [0.5, 0.6) is 0 Å². The first kappa shape index (κ1) is 9.88. The van der Waals surface area contributed by atoms with Gasteiger partial charge in [-0.05, 0) is 31.3 Å². The van der Waals surface area contributed by atoms with E-state index >= 15 is 0 Å². The second kappa shape index (κ2) is 4.15. The van der Waals surface area contributed by atoms with E-state index in [4.69, 9.17) is 22.8 Å². The molecule has 4 nitrogen and oxygen atoms in total. The zero-order valence-corrected chi connectivity index (χ0v) is 8.34. The molecule has 0 aliphatic carbocycles. The number of thiocarbonyl (C=S) groups is 1. The highest BCUT2D eigenvalue weighted by Gasteiger charge is 2.08. The molecule has 0 radical (unpaired) electrons. The summed E-state index contributed by atoms with van der Waals surface area (Å²) >= 11 is 4.84. The molecule has 0 aliphatic rings. The first-order valence-corrected chi connectivity index (χ1v) is 4.12. The zero-order chi connectivity index (χ0) is 9.84. The third-order valence-corrected chi connectivity index (χ3v) is 1.86. The van der Waals surface area contributed by atoms with Crippen molar-refractivity contribution >= 4 is 23.2 Å². The van der Waals surface area contributed by atoms with Crippen LogP contribution in [-0.2, 0) is 4.74 Å². The average Bonchev–Trinajstić information content (AvgIpc) is 2.15. The van der Waals surface area contributed by atoms with Crippen LogP contribution in [0.3, 0.4) is 0 Å². The third-order valence-electron chi connectivity index (χ3n) is 1.49. The van der Waals surface area contributed by atoms with Gasteiger partial charge in [0.25, 0.3) is 5.17 Å². The van der Waals surface area contributed by atoms with Gasteiger partial charge in [0.15, 0.2) is 5.82 Å². The topological polar surface area (TPSA) is 51.4 Å². The van der Waals surface area contributed by atoms with Gasteiger partial charge in [0.05, 0.1) is 7.11 Å². The standard InChI is InChI=1S/C8H11N3OS/c1-6-4-3-5-7(10-6)11(9)8(13)12-2/h3-5H,9H2,1-2H3. The number of nitrogens with zero attached hydrogens (tertiary/aromatic N) is 2. The van der Waals surface area contributed by atoms with Crippen molar-refractivity contribution in [1.29, 1.82) is 0 Å². The third kappa shape index (κ3) is 2.37. The van der Waals surface area contributed by atoms with Crippen LogP contribution in [0.25, 0.3) is 0 Å². The summed E-state index contributed by atoms with van der Waals surface area (Å²) in [5.74, 6) is 6.20. The van der Waals surface area contributed by atoms with Crippen LogP contribution in [0, 0.1) is 6.92 Å². The van der Waals surface area contributed by atoms with Crippen molar-refractivity contribution in [2.45, 2.75) is 6.92 Å². The maximum absolute atomic E-state index is 5.62. The highest BCUT2D eigenvalue weighted by Crippen LogP contribution is 2.08. The van der Waals surface area contributed by atoms with Gasteiger partial charge in [-0.2, -0.15) is 0 Å². The van der Waals surface area contributed by atoms with Crippen LogP contribution in [0.1, 0.15) is 5.69 Å². The van der Waals surface area contributed by atoms with Gasteiger partial charge in [-0.15, -0.1) is 0 Å². The Bertz CT molecular complexity index is 316. The van der Waals surface area contributed by atoms with Crippen molar-refractivity contribution in [2.24, 2.45) is 5.84 Å². The number of anilines is 1. The lowest BCUT2D eigenvalue weighted by atomic mass is 10.4. The Balaban J connectivity index is 2.88. The molecule has 1 aromatic rings. The van der Waals surface area contributed by atoms with Gasteiger partial charge < -0.3 is 4.74 Å². The Hall–Kier alpha value is -1.20. The second-order valence-corrected chi connectivity index (χ2v) is 2.83. The van der Waals surface area contributed by atoms with Gasteiger partial charge in [0.1, 0.15) is 0 Å². The number of hydrogen-bond acceptors (Lipinski definition) is 4. The molecular weight excluding hydrogens is 186 g/mol. The molecule has 1 heterocycles. The monoisotopic (exact) mass is 197 g/mol. The van der Waals surface area contributed by atoms with E-state index in [1.807, 2.05) is 19.1 Å². The maximum Gasteiger partial charge on any atom is 0.279 e. The fourth-order valence-corrected chi connectivity index (χ4v) is 0.948. The minimum Gasteiger partial charge on any atom is -0.473 e. The Morgan fingerprint density at radius 2 is 2.31 bits per heavy atom. The van der Waals surface area contributed by atoms with Crippen molar-refractivity contribution in [1.82, 2.24) is 4.98 Å². The fraction of sp³-hybridized carbons (Fsp3) is 0.250. The van der Waals surface area contributed by atoms with E-state index in [2.05, 4.69) is 4.98 Å². The van der Waals surface area contributed by atoms with Crippen molar-refractivity contribution in [2.75, 3.05) is 12.1 Å². The Morgan fingerprint density at radius 3 is 2.85 bits per heavy atom. The summed E-state index contributed by atoms with van der Waals surface area (Å²) < 4.78 is 4.80. The molecule has 2 N–H and O–H groups in total. The summed E-state index contributed by atoms with van der Waals surface area (Å²) in [6.45, 7) is 1.88. The fourth-order valence-electron chi connectivity index (χ4n) is 0.855. The van der Waals surface area contributed by atoms with E-state index in [1.54, 1.807) is 6.07 Å². The highest BCUT2D eigenvalue weighted by molar-refractivity contribution is 7.80. The summed E-state index contributed by atoms with van der Waals surface area (Å²) in [7, 11) is 1.47. The first-order valence-electron chi connectivity index (χ1n) is 3.71. The molecule has 0 aromatic carbocycles. The summed E-state index contributed by atoms with van der Waals surface area (Å²) in [4.78, 5) is 4.18. The van der Waals surface area contributed by atoms with Crippen molar-refractivity contribution in [3.63, 3.8) is 0 Å². The molecule has 0 bridgehead atoms. The smallest absolute Gasteiger partial charge is 0.279 e. The molecule has 1 rings (SSSR count). The molecule has 0 saturated carbocycles. The molecule has 0 atom stereocenters. The van der Waals surface area contributed by atoms with Crippen LogP contribution in [0.4, 0.5) is 5.82 Å². The Labute approximate surface area is 82.3 Å². The molecule has 0 saturated heterocycles. The quantitative estimate of drug-likeness (QED) is 0.413. The van der Waals surface area contributed by atoms with E-state index in [9.17, 15) is 0 Å². The molecule has 0 spiro atoms. The molecule has 70 valence electrons. The van der Waals surface area contributed by atoms with E-state index in [1.165, 1.54) is 12.1 Å². The van der Waals surface area contributed by atoms with Gasteiger partial charge in [-0.25, -0.2) is 15.8 Å². The molecule has 5 heteroatoms. The lowest BCUT2D eigenvalue weighted by Crippen LogP contribution is -2.37. The van der Waals surface area contributed by atoms with Crippen LogP contribution in [0.2, 0.25) is 0 Å². The molecule has 0 aliphatic heterocycles. The summed E-state index contributed by atoms with van der Waals surface area (Å²) in [5, 5.41) is 1.42. The lowest BCUT2D eigenvalue weighted by molar-refractivity contribution is 0.403. The van der Waals surface area contributed by atoms with Crippen molar-refractivity contribution in [3.05, 3.63) is 23.9 Å². The normalized spacial score (nSPS) is 9.46. The lowest BCUT2D eigenvalue weighted by Gasteiger charge is -2.16. The second-order valence-electron chi connectivity index (χ2n) is 2.48. The minimum absolute atomic E-state index is 0.193. The SMILES string of the molecule is COC(=S)N(N)c1cccc(C)n1. The Morgan fingerprint density at radius 1 is 1.62 bits per heavy atom. The largest absolute Gasteiger partial charge is 0.473 e. The predicted octanol–water partition coefficient (Wildman–Crippen LogP) is 1.00. The first-order chi connectivity index (χ1) is 6.15. The molecule has 1 aromatic heterocycles.